The monoisotopic (exact) mass is 551 g/mol. The van der Waals surface area contributed by atoms with Gasteiger partial charge >= 0.3 is 0 Å². The van der Waals surface area contributed by atoms with Crippen molar-refractivity contribution in [3.63, 3.8) is 0 Å². The second-order valence-electron chi connectivity index (χ2n) is 7.85. The average Bonchev–Trinajstić information content (AvgIpc) is 3.49. The highest BCUT2D eigenvalue weighted by atomic mass is 35.5. The minimum Gasteiger partial charge on any atom is -0.457 e. The number of hydrogen-bond donors (Lipinski definition) is 2. The number of oxazole rings is 1. The number of nitrogens with zero attached hydrogens (tertiary/aromatic N) is 1. The third kappa shape index (κ3) is 6.06. The van der Waals surface area contributed by atoms with E-state index >= 15 is 0 Å². The quantitative estimate of drug-likeness (QED) is 0.172. The van der Waals surface area contributed by atoms with Crippen molar-refractivity contribution >= 4 is 69.3 Å². The Kier molecular flexibility index (Phi) is 7.05. The summed E-state index contributed by atoms with van der Waals surface area (Å²) in [6, 6.07) is 19.6. The van der Waals surface area contributed by atoms with Crippen LogP contribution in [-0.2, 0) is 4.79 Å². The molecule has 0 aliphatic carbocycles. The minimum atomic E-state index is -0.442. The van der Waals surface area contributed by atoms with Gasteiger partial charge in [-0.3, -0.25) is 10.1 Å². The Bertz CT molecular complexity index is 1640. The smallest absolute Gasteiger partial charge is 0.250 e. The first kappa shape index (κ1) is 24.7. The van der Waals surface area contributed by atoms with Crippen LogP contribution >= 0.6 is 35.4 Å². The van der Waals surface area contributed by atoms with Crippen molar-refractivity contribution in [3.8, 4) is 22.8 Å². The summed E-state index contributed by atoms with van der Waals surface area (Å²) in [5, 5.41) is 6.60. The molecule has 2 aromatic heterocycles. The minimum absolute atomic E-state index is 0.102. The van der Waals surface area contributed by atoms with Gasteiger partial charge in [0.25, 0.3) is 0 Å². The van der Waals surface area contributed by atoms with Gasteiger partial charge in [-0.15, -0.1) is 0 Å². The highest BCUT2D eigenvalue weighted by molar-refractivity contribution is 7.80. The Balaban J connectivity index is 1.20. The molecule has 0 saturated heterocycles. The third-order valence-corrected chi connectivity index (χ3v) is 5.79. The van der Waals surface area contributed by atoms with E-state index in [1.807, 2.05) is 0 Å². The van der Waals surface area contributed by atoms with Gasteiger partial charge in [0.2, 0.25) is 11.8 Å². The number of rotatable bonds is 5. The molecular weight excluding hydrogens is 536 g/mol. The van der Waals surface area contributed by atoms with E-state index in [0.29, 0.717) is 49.8 Å². The number of halogens is 3. The summed E-state index contributed by atoms with van der Waals surface area (Å²) in [6.45, 7) is 0. The predicted octanol–water partition coefficient (Wildman–Crippen LogP) is 7.73. The zero-order chi connectivity index (χ0) is 25.9. The van der Waals surface area contributed by atoms with Crippen molar-refractivity contribution < 1.29 is 18.0 Å². The molecule has 2 heterocycles. The second kappa shape index (κ2) is 10.6. The first-order chi connectivity index (χ1) is 17.8. The second-order valence-corrected chi connectivity index (χ2v) is 9.13. The third-order valence-electron chi connectivity index (χ3n) is 5.15. The highest BCUT2D eigenvalue weighted by Gasteiger charge is 2.11. The van der Waals surface area contributed by atoms with Crippen LogP contribution in [0.1, 0.15) is 5.76 Å². The molecule has 5 rings (SSSR count). The summed E-state index contributed by atoms with van der Waals surface area (Å²) in [5.41, 5.74) is 3.12. The molecule has 10 heteroatoms. The molecule has 0 saturated carbocycles. The molecule has 37 heavy (non-hydrogen) atoms. The first-order valence-electron chi connectivity index (χ1n) is 10.9. The van der Waals surface area contributed by atoms with Crippen molar-refractivity contribution in [2.45, 2.75) is 0 Å². The number of fused-ring (bicyclic) bond motifs is 1. The van der Waals surface area contributed by atoms with Crippen LogP contribution in [-0.4, -0.2) is 16.0 Å². The summed E-state index contributed by atoms with van der Waals surface area (Å²) in [5.74, 6) is 0.615. The van der Waals surface area contributed by atoms with E-state index in [4.69, 9.17) is 44.3 Å². The van der Waals surface area contributed by atoms with Gasteiger partial charge in [-0.05, 0) is 91.1 Å². The summed E-state index contributed by atoms with van der Waals surface area (Å²) in [4.78, 5) is 16.8. The molecule has 0 unspecified atom stereocenters. The zero-order valence-electron chi connectivity index (χ0n) is 18.8. The number of carbonyl (C=O) groups is 1. The molecule has 0 aliphatic rings. The molecular formula is C27H16Cl2FN3O3S. The average molecular weight is 552 g/mol. The number of amides is 1. The summed E-state index contributed by atoms with van der Waals surface area (Å²) < 4.78 is 24.7. The van der Waals surface area contributed by atoms with Crippen LogP contribution in [0.15, 0.2) is 87.7 Å². The largest absolute Gasteiger partial charge is 0.457 e. The molecule has 5 aromatic rings. The molecule has 2 N–H and O–H groups in total. The van der Waals surface area contributed by atoms with Gasteiger partial charge < -0.3 is 14.2 Å². The van der Waals surface area contributed by atoms with Gasteiger partial charge in [0.05, 0.1) is 0 Å². The zero-order valence-corrected chi connectivity index (χ0v) is 21.1. The maximum Gasteiger partial charge on any atom is 0.250 e. The van der Waals surface area contributed by atoms with Gasteiger partial charge in [-0.2, -0.15) is 0 Å². The molecule has 0 atom stereocenters. The molecule has 1 amide bonds. The lowest BCUT2D eigenvalue weighted by atomic mass is 10.2. The maximum atomic E-state index is 13.2. The van der Waals surface area contributed by atoms with Crippen molar-refractivity contribution in [1.82, 2.24) is 10.3 Å². The summed E-state index contributed by atoms with van der Waals surface area (Å²) >= 11 is 17.3. The Morgan fingerprint density at radius 2 is 1.68 bits per heavy atom. The Morgan fingerprint density at radius 3 is 2.43 bits per heavy atom. The molecule has 3 aromatic carbocycles. The van der Waals surface area contributed by atoms with Crippen molar-refractivity contribution in [3.05, 3.63) is 100 Å². The van der Waals surface area contributed by atoms with Crippen LogP contribution in [0, 0.1) is 5.82 Å². The fourth-order valence-electron chi connectivity index (χ4n) is 3.49. The van der Waals surface area contributed by atoms with Crippen LogP contribution < -0.4 is 10.6 Å². The molecule has 0 radical (unpaired) electrons. The highest BCUT2D eigenvalue weighted by Crippen LogP contribution is 2.29. The van der Waals surface area contributed by atoms with Crippen LogP contribution in [0.2, 0.25) is 10.0 Å². The van der Waals surface area contributed by atoms with Gasteiger partial charge in [-0.1, -0.05) is 23.2 Å². The predicted molar refractivity (Wildman–Crippen MR) is 147 cm³/mol. The first-order valence-corrected chi connectivity index (χ1v) is 12.0. The Labute approximate surface area is 225 Å². The maximum absolute atomic E-state index is 13.2. The Morgan fingerprint density at radius 1 is 0.919 bits per heavy atom. The van der Waals surface area contributed by atoms with Crippen molar-refractivity contribution in [2.24, 2.45) is 0 Å². The fraction of sp³-hybridized carbons (Fsp3) is 0. The number of benzene rings is 3. The van der Waals surface area contributed by atoms with Crippen LogP contribution in [0.5, 0.6) is 0 Å². The van der Waals surface area contributed by atoms with E-state index in [2.05, 4.69) is 15.6 Å². The number of hydrogen-bond acceptors (Lipinski definition) is 5. The normalized spacial score (nSPS) is 11.2. The molecule has 0 spiro atoms. The van der Waals surface area contributed by atoms with Gasteiger partial charge in [0.15, 0.2) is 10.7 Å². The number of nitrogens with one attached hydrogen (secondary N) is 2. The van der Waals surface area contributed by atoms with Gasteiger partial charge in [0.1, 0.15) is 22.9 Å². The van der Waals surface area contributed by atoms with E-state index in [9.17, 15) is 9.18 Å². The number of carbonyl (C=O) groups excluding carboxylic acids is 1. The van der Waals surface area contributed by atoms with Crippen LogP contribution in [0.4, 0.5) is 10.1 Å². The number of aromatic nitrogens is 1. The van der Waals surface area contributed by atoms with Crippen molar-refractivity contribution in [1.29, 1.82) is 0 Å². The number of thiocarbonyl (C=S) groups is 1. The standard InChI is InChI=1S/C27H16Cl2FN3O3S/c28-17-11-16(12-18(29)13-17)23-9-6-21(35-23)7-10-25(34)33-27(37)31-20-5-8-24-22(14-20)32-26(36-24)15-1-3-19(30)4-2-15/h1-14H,(H2,31,33,34,37)/b10-7+. The van der Waals surface area contributed by atoms with Gasteiger partial charge in [-0.25, -0.2) is 9.37 Å². The lowest BCUT2D eigenvalue weighted by Crippen LogP contribution is -2.32. The van der Waals surface area contributed by atoms with Crippen molar-refractivity contribution in [2.75, 3.05) is 5.32 Å². The molecule has 6 nitrogen and oxygen atoms in total. The molecule has 0 fully saturated rings. The lowest BCUT2D eigenvalue weighted by molar-refractivity contribution is -0.115. The summed E-state index contributed by atoms with van der Waals surface area (Å²) in [7, 11) is 0. The fourth-order valence-corrected chi connectivity index (χ4v) is 4.23. The SMILES string of the molecule is O=C(/C=C/c1ccc(-c2cc(Cl)cc(Cl)c2)o1)NC(=S)Nc1ccc2oc(-c3ccc(F)cc3)nc2c1. The van der Waals surface area contributed by atoms with Crippen LogP contribution in [0.25, 0.3) is 40.0 Å². The van der Waals surface area contributed by atoms with E-state index in [-0.39, 0.29) is 10.9 Å². The van der Waals surface area contributed by atoms with Crippen LogP contribution in [0.3, 0.4) is 0 Å². The number of anilines is 1. The number of furan rings is 1. The molecule has 0 bridgehead atoms. The van der Waals surface area contributed by atoms with E-state index in [0.717, 1.165) is 5.56 Å². The van der Waals surface area contributed by atoms with E-state index in [1.165, 1.54) is 24.3 Å². The lowest BCUT2D eigenvalue weighted by Gasteiger charge is -2.07. The molecule has 0 aliphatic heterocycles. The Hall–Kier alpha value is -3.98. The van der Waals surface area contributed by atoms with Gasteiger partial charge in [0, 0.05) is 32.9 Å². The van der Waals surface area contributed by atoms with E-state index in [1.54, 1.807) is 60.7 Å². The van der Waals surface area contributed by atoms with E-state index < -0.39 is 5.91 Å². The topological polar surface area (TPSA) is 80.3 Å². The summed E-state index contributed by atoms with van der Waals surface area (Å²) in [6.07, 6.45) is 2.82. The molecule has 184 valence electrons.